The molecule has 0 radical (unpaired) electrons. The minimum absolute atomic E-state index is 0.324. The average molecular weight is 364 g/mol. The van der Waals surface area contributed by atoms with Crippen LogP contribution in [0, 0.1) is 11.3 Å². The van der Waals surface area contributed by atoms with Crippen molar-refractivity contribution in [1.82, 2.24) is 5.23 Å². The Labute approximate surface area is 140 Å². The van der Waals surface area contributed by atoms with Gasteiger partial charge in [0, 0.05) is 5.92 Å². The number of hydroxylamine groups is 2. The van der Waals surface area contributed by atoms with Gasteiger partial charge in [-0.25, -0.2) is 0 Å². The van der Waals surface area contributed by atoms with E-state index in [-0.39, 0.29) is 5.92 Å². The van der Waals surface area contributed by atoms with Gasteiger partial charge in [0.05, 0.1) is 20.3 Å². The van der Waals surface area contributed by atoms with Gasteiger partial charge in [-0.05, 0) is 39.3 Å². The van der Waals surface area contributed by atoms with Crippen LogP contribution in [-0.2, 0) is 28.1 Å². The molecule has 1 fully saturated rings. The van der Waals surface area contributed by atoms with Crippen molar-refractivity contribution in [2.45, 2.75) is 52.2 Å². The summed E-state index contributed by atoms with van der Waals surface area (Å²) in [6.45, 7) is 13.9. The van der Waals surface area contributed by atoms with Gasteiger partial charge in [-0.1, -0.05) is 12.2 Å². The number of ether oxygens (including phenoxy) is 2. The first kappa shape index (κ1) is 20.3. The number of rotatable bonds is 7. The summed E-state index contributed by atoms with van der Waals surface area (Å²) in [6.07, 6.45) is 0. The molecule has 7 nitrogen and oxygen atoms in total. The summed E-state index contributed by atoms with van der Waals surface area (Å²) in [5, 5.41) is 1.39. The summed E-state index contributed by atoms with van der Waals surface area (Å²) in [6, 6.07) is -0.555. The first-order valence-electron chi connectivity index (χ1n) is 7.65. The van der Waals surface area contributed by atoms with Crippen LogP contribution in [0.3, 0.4) is 0 Å². The average Bonchev–Trinajstić information content (AvgIpc) is 2.99. The second-order valence-electron chi connectivity index (χ2n) is 7.78. The predicted octanol–water partition coefficient (Wildman–Crippen LogP) is 2.17. The Kier molecular flexibility index (Phi) is 5.85. The summed E-state index contributed by atoms with van der Waals surface area (Å²) in [4.78, 5) is 24.6. The van der Waals surface area contributed by atoms with E-state index in [1.807, 2.05) is 39.3 Å². The predicted molar refractivity (Wildman–Crippen MR) is 90.1 cm³/mol. The number of carbonyl (C=O) groups is 2. The molecule has 0 saturated heterocycles. The summed E-state index contributed by atoms with van der Waals surface area (Å²) >= 11 is 0. The van der Waals surface area contributed by atoms with Crippen LogP contribution >= 0.6 is 0 Å². The minimum Gasteiger partial charge on any atom is -0.468 e. The Bertz CT molecular complexity index is 439. The van der Waals surface area contributed by atoms with E-state index in [1.165, 1.54) is 19.4 Å². The fraction of sp³-hybridized carbons (Fsp3) is 0.857. The Morgan fingerprint density at radius 3 is 1.48 bits per heavy atom. The van der Waals surface area contributed by atoms with Crippen molar-refractivity contribution < 1.29 is 28.1 Å². The number of methoxy groups -OCH3 is 2. The molecule has 0 spiro atoms. The van der Waals surface area contributed by atoms with Crippen molar-refractivity contribution in [2.24, 2.45) is 11.3 Å². The van der Waals surface area contributed by atoms with Crippen LogP contribution in [0.25, 0.3) is 0 Å². The molecule has 23 heavy (non-hydrogen) atoms. The van der Waals surface area contributed by atoms with Crippen molar-refractivity contribution >= 4 is 28.6 Å². The molecule has 2 atom stereocenters. The standard InChI is InChI=1S/C14H29NO6Si2/c1-10-11(14(10,12(16)18-2)13(17)19-3)15(20-22(4,5)6)21-23(7,8)9/h10-11H,1-9H3/t10-,11-/m0/s1. The van der Waals surface area contributed by atoms with E-state index >= 15 is 0 Å². The molecule has 0 amide bonds. The zero-order valence-corrected chi connectivity index (χ0v) is 17.6. The highest BCUT2D eigenvalue weighted by atomic mass is 28.4. The third-order valence-corrected chi connectivity index (χ3v) is 5.01. The second kappa shape index (κ2) is 6.63. The van der Waals surface area contributed by atoms with Gasteiger partial charge < -0.3 is 18.5 Å². The Hall–Kier alpha value is -0.746. The van der Waals surface area contributed by atoms with E-state index in [4.69, 9.17) is 18.5 Å². The second-order valence-corrected chi connectivity index (χ2v) is 16.6. The fourth-order valence-corrected chi connectivity index (χ4v) is 4.05. The quantitative estimate of drug-likeness (QED) is 0.297. The van der Waals surface area contributed by atoms with Gasteiger partial charge in [0.1, 0.15) is 0 Å². The lowest BCUT2D eigenvalue weighted by Gasteiger charge is -2.34. The first-order chi connectivity index (χ1) is 10.3. The van der Waals surface area contributed by atoms with Gasteiger partial charge in [-0.15, -0.1) is 0 Å². The molecule has 0 aromatic rings. The topological polar surface area (TPSA) is 74.3 Å². The number of esters is 2. The van der Waals surface area contributed by atoms with Crippen molar-refractivity contribution in [3.8, 4) is 0 Å². The molecule has 1 saturated carbocycles. The van der Waals surface area contributed by atoms with Crippen LogP contribution in [0.15, 0.2) is 0 Å². The lowest BCUT2D eigenvalue weighted by molar-refractivity contribution is -0.286. The van der Waals surface area contributed by atoms with Crippen LogP contribution in [0.4, 0.5) is 0 Å². The molecule has 1 rings (SSSR count). The van der Waals surface area contributed by atoms with Gasteiger partial charge in [0.15, 0.2) is 5.41 Å². The maximum atomic E-state index is 12.3. The minimum atomic E-state index is -2.01. The third-order valence-electron chi connectivity index (χ3n) is 3.55. The molecule has 0 N–H and O–H groups in total. The van der Waals surface area contributed by atoms with Crippen LogP contribution in [0.2, 0.25) is 39.3 Å². The normalized spacial score (nSPS) is 23.6. The first-order valence-corrected chi connectivity index (χ1v) is 14.5. The Morgan fingerprint density at radius 1 is 0.870 bits per heavy atom. The van der Waals surface area contributed by atoms with Crippen LogP contribution in [-0.4, -0.2) is 54.1 Å². The number of nitrogens with zero attached hydrogens (tertiary/aromatic N) is 1. The molecule has 134 valence electrons. The maximum Gasteiger partial charge on any atom is 0.325 e. The summed E-state index contributed by atoms with van der Waals surface area (Å²) in [7, 11) is -1.49. The number of carbonyl (C=O) groups excluding carboxylic acids is 2. The molecule has 1 aliphatic carbocycles. The highest BCUT2D eigenvalue weighted by molar-refractivity contribution is 6.70. The van der Waals surface area contributed by atoms with E-state index in [0.717, 1.165) is 0 Å². The number of hydrogen-bond acceptors (Lipinski definition) is 7. The summed E-state index contributed by atoms with van der Waals surface area (Å²) in [5.41, 5.74) is -1.40. The van der Waals surface area contributed by atoms with E-state index in [9.17, 15) is 9.59 Å². The Morgan fingerprint density at radius 2 is 1.22 bits per heavy atom. The van der Waals surface area contributed by atoms with E-state index in [0.29, 0.717) is 0 Å². The highest BCUT2D eigenvalue weighted by Crippen LogP contribution is 2.57. The monoisotopic (exact) mass is 363 g/mol. The van der Waals surface area contributed by atoms with Gasteiger partial charge in [0.25, 0.3) is 0 Å². The zero-order chi connectivity index (χ0) is 18.2. The smallest absolute Gasteiger partial charge is 0.325 e. The molecule has 0 aromatic carbocycles. The van der Waals surface area contributed by atoms with Gasteiger partial charge >= 0.3 is 11.9 Å². The molecule has 0 aliphatic heterocycles. The summed E-state index contributed by atoms with van der Waals surface area (Å²) < 4.78 is 21.8. The lowest BCUT2D eigenvalue weighted by atomic mass is 10.0. The van der Waals surface area contributed by atoms with E-state index in [1.54, 1.807) is 6.92 Å². The lowest BCUT2D eigenvalue weighted by Crippen LogP contribution is -2.48. The molecule has 0 bridgehead atoms. The summed E-state index contributed by atoms with van der Waals surface area (Å²) in [5.74, 6) is -1.56. The SMILES string of the molecule is COC(=O)C1(C(=O)OC)[C@@H](N(O[Si](C)(C)C)O[Si](C)(C)C)[C@@H]1C. The molecule has 0 aromatic heterocycles. The van der Waals surface area contributed by atoms with Crippen LogP contribution in [0.5, 0.6) is 0 Å². The van der Waals surface area contributed by atoms with Crippen LogP contribution in [0.1, 0.15) is 6.92 Å². The van der Waals surface area contributed by atoms with E-state index in [2.05, 4.69) is 0 Å². The highest BCUT2D eigenvalue weighted by Gasteiger charge is 2.78. The molecule has 9 heteroatoms. The number of hydrogen-bond donors (Lipinski definition) is 0. The molecule has 1 aliphatic rings. The zero-order valence-electron chi connectivity index (χ0n) is 15.6. The Balaban J connectivity index is 3.20. The molecule has 0 unspecified atom stereocenters. The maximum absolute atomic E-state index is 12.3. The largest absolute Gasteiger partial charge is 0.468 e. The molecular weight excluding hydrogens is 334 g/mol. The van der Waals surface area contributed by atoms with Gasteiger partial charge in [-0.2, -0.15) is 0 Å². The van der Waals surface area contributed by atoms with Gasteiger partial charge in [0.2, 0.25) is 16.6 Å². The van der Waals surface area contributed by atoms with E-state index < -0.39 is 40.0 Å². The fourth-order valence-electron chi connectivity index (χ4n) is 2.59. The van der Waals surface area contributed by atoms with Gasteiger partial charge in [-0.3, -0.25) is 9.59 Å². The third kappa shape index (κ3) is 4.21. The molecular formula is C14H29NO6Si2. The van der Waals surface area contributed by atoms with Crippen molar-refractivity contribution in [2.75, 3.05) is 14.2 Å². The van der Waals surface area contributed by atoms with Crippen LogP contribution < -0.4 is 0 Å². The van der Waals surface area contributed by atoms with Crippen molar-refractivity contribution in [3.05, 3.63) is 0 Å². The molecule has 0 heterocycles. The van der Waals surface area contributed by atoms with Crippen molar-refractivity contribution in [3.63, 3.8) is 0 Å². The van der Waals surface area contributed by atoms with Crippen molar-refractivity contribution in [1.29, 1.82) is 0 Å².